The summed E-state index contributed by atoms with van der Waals surface area (Å²) in [5.41, 5.74) is 0.307. The molecule has 0 heterocycles. The number of nitro groups is 1. The summed E-state index contributed by atoms with van der Waals surface area (Å²) < 4.78 is 0.775. The van der Waals surface area contributed by atoms with E-state index in [2.05, 4.69) is 21.2 Å². The van der Waals surface area contributed by atoms with Gasteiger partial charge in [-0.3, -0.25) is 14.9 Å². The Morgan fingerprint density at radius 3 is 2.65 bits per heavy atom. The molecule has 0 aliphatic rings. The minimum absolute atomic E-state index is 0.171. The van der Waals surface area contributed by atoms with Crippen LogP contribution in [0.15, 0.2) is 58.6 Å². The van der Waals surface area contributed by atoms with Gasteiger partial charge in [-0.15, -0.1) is 0 Å². The van der Waals surface area contributed by atoms with E-state index in [0.717, 1.165) is 4.47 Å². The molecule has 23 heavy (non-hydrogen) atoms. The number of nitro benzene ring substituents is 1. The molecule has 0 saturated carbocycles. The first-order chi connectivity index (χ1) is 11.0. The molecule has 0 unspecified atom stereocenters. The molecule has 0 bridgehead atoms. The maximum absolute atomic E-state index is 12.2. The minimum atomic E-state index is -0.635. The maximum atomic E-state index is 12.2. The van der Waals surface area contributed by atoms with Crippen LogP contribution < -0.4 is 5.32 Å². The second kappa shape index (κ2) is 7.33. The van der Waals surface area contributed by atoms with Crippen LogP contribution in [0.25, 0.3) is 6.08 Å². The average molecular weight is 372 g/mol. The smallest absolute Gasteiger partial charge is 0.276 e. The molecule has 0 fully saturated rings. The zero-order valence-corrected chi connectivity index (χ0v) is 13.3. The summed E-state index contributed by atoms with van der Waals surface area (Å²) in [4.78, 5) is 22.6. The third kappa shape index (κ3) is 4.25. The third-order valence-electron chi connectivity index (χ3n) is 2.88. The van der Waals surface area contributed by atoms with E-state index in [9.17, 15) is 14.9 Å². The molecule has 2 rings (SSSR count). The Morgan fingerprint density at radius 1 is 1.26 bits per heavy atom. The molecule has 0 atom stereocenters. The molecule has 6 nitrogen and oxygen atoms in total. The van der Waals surface area contributed by atoms with Gasteiger partial charge in [0.15, 0.2) is 0 Å². The lowest BCUT2D eigenvalue weighted by Crippen LogP contribution is -2.13. The van der Waals surface area contributed by atoms with Crippen molar-refractivity contribution in [2.45, 2.75) is 0 Å². The Bertz CT molecular complexity index is 840. The molecule has 0 aromatic heterocycles. The van der Waals surface area contributed by atoms with Crippen molar-refractivity contribution in [1.29, 1.82) is 5.26 Å². The first-order valence-corrected chi connectivity index (χ1v) is 7.22. The fourth-order valence-corrected chi connectivity index (χ4v) is 2.24. The van der Waals surface area contributed by atoms with Gasteiger partial charge in [-0.1, -0.05) is 34.1 Å². The van der Waals surface area contributed by atoms with E-state index >= 15 is 0 Å². The molecule has 1 amide bonds. The number of nitrogens with zero attached hydrogens (tertiary/aromatic N) is 2. The quantitative estimate of drug-likeness (QED) is 0.381. The van der Waals surface area contributed by atoms with E-state index in [4.69, 9.17) is 5.26 Å². The van der Waals surface area contributed by atoms with Crippen LogP contribution in [0, 0.1) is 21.4 Å². The molecule has 1 N–H and O–H groups in total. The predicted octanol–water partition coefficient (Wildman–Crippen LogP) is 3.90. The summed E-state index contributed by atoms with van der Waals surface area (Å²) in [7, 11) is 0. The van der Waals surface area contributed by atoms with E-state index in [1.54, 1.807) is 36.4 Å². The van der Waals surface area contributed by atoms with Crippen LogP contribution >= 0.6 is 15.9 Å². The highest BCUT2D eigenvalue weighted by Gasteiger charge is 2.15. The number of para-hydroxylation sites is 1. The number of amides is 1. The number of rotatable bonds is 4. The lowest BCUT2D eigenvalue weighted by Gasteiger charge is -2.05. The van der Waals surface area contributed by atoms with E-state index < -0.39 is 10.8 Å². The number of nitriles is 1. The van der Waals surface area contributed by atoms with Gasteiger partial charge in [-0.2, -0.15) is 5.26 Å². The largest absolute Gasteiger partial charge is 0.321 e. The van der Waals surface area contributed by atoms with E-state index in [-0.39, 0.29) is 16.8 Å². The summed E-state index contributed by atoms with van der Waals surface area (Å²) in [6, 6.07) is 14.5. The van der Waals surface area contributed by atoms with Gasteiger partial charge < -0.3 is 5.32 Å². The van der Waals surface area contributed by atoms with Crippen LogP contribution in [-0.2, 0) is 4.79 Å². The summed E-state index contributed by atoms with van der Waals surface area (Å²) in [6.07, 6.45) is 1.20. The van der Waals surface area contributed by atoms with Crippen LogP contribution in [0.4, 0.5) is 11.4 Å². The van der Waals surface area contributed by atoms with E-state index in [1.807, 2.05) is 0 Å². The molecule has 114 valence electrons. The standard InChI is InChI=1S/C16H10BrN3O3/c17-13-5-3-6-14(9-13)19-16(21)12(10-18)8-11-4-1-2-7-15(11)20(22)23/h1-9H,(H,19,21). The van der Waals surface area contributed by atoms with Gasteiger partial charge in [0, 0.05) is 16.2 Å². The number of hydrogen-bond donors (Lipinski definition) is 1. The van der Waals surface area contributed by atoms with E-state index in [0.29, 0.717) is 5.69 Å². The van der Waals surface area contributed by atoms with Crippen LogP contribution in [0.3, 0.4) is 0 Å². The van der Waals surface area contributed by atoms with Gasteiger partial charge in [0.25, 0.3) is 11.6 Å². The number of hydrogen-bond acceptors (Lipinski definition) is 4. The van der Waals surface area contributed by atoms with Crippen molar-refractivity contribution in [2.75, 3.05) is 5.32 Å². The van der Waals surface area contributed by atoms with Crippen molar-refractivity contribution >= 4 is 39.3 Å². The predicted molar refractivity (Wildman–Crippen MR) is 89.5 cm³/mol. The molecule has 0 aliphatic carbocycles. The van der Waals surface area contributed by atoms with Gasteiger partial charge in [0.05, 0.1) is 10.5 Å². The summed E-state index contributed by atoms with van der Waals surface area (Å²) in [5.74, 6) is -0.635. The normalized spacial score (nSPS) is 10.7. The second-order valence-electron chi connectivity index (χ2n) is 4.45. The highest BCUT2D eigenvalue weighted by atomic mass is 79.9. The highest BCUT2D eigenvalue weighted by molar-refractivity contribution is 9.10. The molecule has 0 saturated heterocycles. The van der Waals surface area contributed by atoms with Crippen LogP contribution in [-0.4, -0.2) is 10.8 Å². The Hall–Kier alpha value is -2.98. The number of benzene rings is 2. The minimum Gasteiger partial charge on any atom is -0.321 e. The molecular formula is C16H10BrN3O3. The first kappa shape index (κ1) is 16.4. The van der Waals surface area contributed by atoms with E-state index in [1.165, 1.54) is 24.3 Å². The fourth-order valence-electron chi connectivity index (χ4n) is 1.84. The van der Waals surface area contributed by atoms with Gasteiger partial charge in [0.1, 0.15) is 11.6 Å². The fraction of sp³-hybridized carbons (Fsp3) is 0. The number of halogens is 1. The number of nitrogens with one attached hydrogen (secondary N) is 1. The topological polar surface area (TPSA) is 96.0 Å². The molecular weight excluding hydrogens is 362 g/mol. The third-order valence-corrected chi connectivity index (χ3v) is 3.37. The Balaban J connectivity index is 2.31. The van der Waals surface area contributed by atoms with Crippen molar-refractivity contribution in [2.24, 2.45) is 0 Å². The Labute approximate surface area is 140 Å². The zero-order chi connectivity index (χ0) is 16.8. The zero-order valence-electron chi connectivity index (χ0n) is 11.7. The lowest BCUT2D eigenvalue weighted by atomic mass is 10.1. The van der Waals surface area contributed by atoms with Crippen LogP contribution in [0.5, 0.6) is 0 Å². The van der Waals surface area contributed by atoms with Crippen molar-refractivity contribution in [1.82, 2.24) is 0 Å². The molecule has 0 aliphatic heterocycles. The first-order valence-electron chi connectivity index (χ1n) is 6.43. The van der Waals surface area contributed by atoms with Crippen molar-refractivity contribution < 1.29 is 9.72 Å². The van der Waals surface area contributed by atoms with Crippen LogP contribution in [0.2, 0.25) is 0 Å². The highest BCUT2D eigenvalue weighted by Crippen LogP contribution is 2.21. The summed E-state index contributed by atoms with van der Waals surface area (Å²) in [5, 5.41) is 22.7. The van der Waals surface area contributed by atoms with Gasteiger partial charge in [0.2, 0.25) is 0 Å². The van der Waals surface area contributed by atoms with Gasteiger partial charge in [-0.25, -0.2) is 0 Å². The van der Waals surface area contributed by atoms with Crippen molar-refractivity contribution in [3.63, 3.8) is 0 Å². The average Bonchev–Trinajstić information content (AvgIpc) is 2.52. The Morgan fingerprint density at radius 2 is 2.00 bits per heavy atom. The molecule has 2 aromatic rings. The monoisotopic (exact) mass is 371 g/mol. The Kier molecular flexibility index (Phi) is 5.23. The second-order valence-corrected chi connectivity index (χ2v) is 5.37. The summed E-state index contributed by atoms with van der Waals surface area (Å²) >= 11 is 3.28. The summed E-state index contributed by atoms with van der Waals surface area (Å²) in [6.45, 7) is 0. The van der Waals surface area contributed by atoms with Crippen LogP contribution in [0.1, 0.15) is 5.56 Å². The number of carbonyl (C=O) groups is 1. The maximum Gasteiger partial charge on any atom is 0.276 e. The molecule has 2 aromatic carbocycles. The lowest BCUT2D eigenvalue weighted by molar-refractivity contribution is -0.385. The molecule has 7 heteroatoms. The number of carbonyl (C=O) groups excluding carboxylic acids is 1. The van der Waals surface area contributed by atoms with Crippen molar-refractivity contribution in [3.8, 4) is 6.07 Å². The van der Waals surface area contributed by atoms with Gasteiger partial charge in [-0.05, 0) is 30.3 Å². The molecule has 0 spiro atoms. The van der Waals surface area contributed by atoms with Gasteiger partial charge >= 0.3 is 0 Å². The SMILES string of the molecule is N#CC(=Cc1ccccc1[N+](=O)[O-])C(=O)Nc1cccc(Br)c1. The number of anilines is 1. The molecule has 0 radical (unpaired) electrons. The van der Waals surface area contributed by atoms with Crippen molar-refractivity contribution in [3.05, 3.63) is 74.3 Å².